The third-order valence-electron chi connectivity index (χ3n) is 3.33. The average Bonchev–Trinajstić information content (AvgIpc) is 2.83. The van der Waals surface area contributed by atoms with Crippen molar-refractivity contribution in [1.29, 1.82) is 0 Å². The van der Waals surface area contributed by atoms with Crippen molar-refractivity contribution in [2.45, 2.75) is 6.18 Å². The van der Waals surface area contributed by atoms with Gasteiger partial charge in [-0.15, -0.1) is 0 Å². The molecule has 0 fully saturated rings. The van der Waals surface area contributed by atoms with Gasteiger partial charge < -0.3 is 9.67 Å². The number of halogens is 3. The molecule has 0 aromatic carbocycles. The van der Waals surface area contributed by atoms with Crippen LogP contribution in [0, 0.1) is 0 Å². The standard InChI is InChI=1S/C14H9F3N4O2/c1-21-11(8-2-3-18-6-9(8)13(22)23)20-10-4-7(14(15,16)17)5-19-12(10)21/h2-6H,1H3,(H,22,23). The highest BCUT2D eigenvalue weighted by Crippen LogP contribution is 2.32. The van der Waals surface area contributed by atoms with Crippen LogP contribution in [-0.4, -0.2) is 30.6 Å². The molecule has 3 aromatic heterocycles. The lowest BCUT2D eigenvalue weighted by Gasteiger charge is -2.06. The molecule has 0 radical (unpaired) electrons. The molecule has 0 saturated heterocycles. The molecule has 0 saturated carbocycles. The smallest absolute Gasteiger partial charge is 0.417 e. The number of imidazole rings is 1. The van der Waals surface area contributed by atoms with E-state index in [9.17, 15) is 23.1 Å². The zero-order valence-electron chi connectivity index (χ0n) is 11.7. The molecular formula is C14H9F3N4O2. The van der Waals surface area contributed by atoms with E-state index in [4.69, 9.17) is 0 Å². The molecule has 3 heterocycles. The summed E-state index contributed by atoms with van der Waals surface area (Å²) in [5.74, 6) is -1.00. The van der Waals surface area contributed by atoms with E-state index in [0.29, 0.717) is 0 Å². The first-order chi connectivity index (χ1) is 10.8. The molecule has 9 heteroatoms. The Morgan fingerprint density at radius 2 is 2.04 bits per heavy atom. The van der Waals surface area contributed by atoms with Gasteiger partial charge in [-0.3, -0.25) is 4.98 Å². The number of fused-ring (bicyclic) bond motifs is 1. The predicted molar refractivity (Wildman–Crippen MR) is 73.7 cm³/mol. The number of pyridine rings is 2. The fraction of sp³-hybridized carbons (Fsp3) is 0.143. The van der Waals surface area contributed by atoms with Crippen LogP contribution in [0.4, 0.5) is 13.2 Å². The first kappa shape index (κ1) is 14.9. The first-order valence-corrected chi connectivity index (χ1v) is 6.36. The van der Waals surface area contributed by atoms with Gasteiger partial charge in [0.05, 0.1) is 11.1 Å². The largest absolute Gasteiger partial charge is 0.478 e. The quantitative estimate of drug-likeness (QED) is 0.784. The van der Waals surface area contributed by atoms with Crippen LogP contribution < -0.4 is 0 Å². The van der Waals surface area contributed by atoms with E-state index < -0.39 is 17.7 Å². The van der Waals surface area contributed by atoms with Crippen molar-refractivity contribution in [2.75, 3.05) is 0 Å². The number of rotatable bonds is 2. The van der Waals surface area contributed by atoms with Crippen molar-refractivity contribution < 1.29 is 23.1 Å². The lowest BCUT2D eigenvalue weighted by atomic mass is 10.1. The maximum Gasteiger partial charge on any atom is 0.417 e. The summed E-state index contributed by atoms with van der Waals surface area (Å²) in [7, 11) is 1.55. The molecule has 0 aliphatic heterocycles. The maximum absolute atomic E-state index is 12.8. The molecule has 1 N–H and O–H groups in total. The maximum atomic E-state index is 12.8. The second kappa shape index (κ2) is 5.04. The summed E-state index contributed by atoms with van der Waals surface area (Å²) in [5, 5.41) is 9.20. The van der Waals surface area contributed by atoms with Crippen LogP contribution >= 0.6 is 0 Å². The summed E-state index contributed by atoms with van der Waals surface area (Å²) in [6.45, 7) is 0. The number of carbonyl (C=O) groups is 1. The normalized spacial score (nSPS) is 11.8. The average molecular weight is 322 g/mol. The molecule has 0 spiro atoms. The summed E-state index contributed by atoms with van der Waals surface area (Å²) >= 11 is 0. The third-order valence-corrected chi connectivity index (χ3v) is 3.33. The van der Waals surface area contributed by atoms with Crippen molar-refractivity contribution in [3.63, 3.8) is 0 Å². The second-order valence-electron chi connectivity index (χ2n) is 4.79. The number of hydrogen-bond acceptors (Lipinski definition) is 4. The minimum absolute atomic E-state index is 0.0328. The highest BCUT2D eigenvalue weighted by atomic mass is 19.4. The zero-order chi connectivity index (χ0) is 16.8. The van der Waals surface area contributed by atoms with Crippen LogP contribution in [0.3, 0.4) is 0 Å². The van der Waals surface area contributed by atoms with E-state index in [1.54, 1.807) is 7.05 Å². The Bertz CT molecular complexity index is 918. The van der Waals surface area contributed by atoms with E-state index in [0.717, 1.165) is 18.5 Å². The summed E-state index contributed by atoms with van der Waals surface area (Å²) in [6, 6.07) is 2.32. The molecule has 0 atom stereocenters. The number of hydrogen-bond donors (Lipinski definition) is 1. The number of alkyl halides is 3. The fourth-order valence-electron chi connectivity index (χ4n) is 2.23. The number of aromatic carboxylic acids is 1. The van der Waals surface area contributed by atoms with Crippen molar-refractivity contribution in [3.05, 3.63) is 41.9 Å². The van der Waals surface area contributed by atoms with E-state index in [-0.39, 0.29) is 28.1 Å². The van der Waals surface area contributed by atoms with E-state index in [1.807, 2.05) is 0 Å². The van der Waals surface area contributed by atoms with E-state index in [2.05, 4.69) is 15.0 Å². The van der Waals surface area contributed by atoms with Crippen LogP contribution in [0.25, 0.3) is 22.6 Å². The van der Waals surface area contributed by atoms with E-state index in [1.165, 1.54) is 16.8 Å². The van der Waals surface area contributed by atoms with Crippen molar-refractivity contribution in [3.8, 4) is 11.4 Å². The van der Waals surface area contributed by atoms with Crippen LogP contribution in [0.5, 0.6) is 0 Å². The van der Waals surface area contributed by atoms with Gasteiger partial charge in [-0.05, 0) is 12.1 Å². The number of aryl methyl sites for hydroxylation is 1. The number of aromatic nitrogens is 4. The van der Waals surface area contributed by atoms with Gasteiger partial charge in [-0.25, -0.2) is 14.8 Å². The fourth-order valence-corrected chi connectivity index (χ4v) is 2.23. The molecule has 0 aliphatic carbocycles. The molecule has 0 amide bonds. The molecule has 0 bridgehead atoms. The van der Waals surface area contributed by atoms with Crippen molar-refractivity contribution >= 4 is 17.1 Å². The second-order valence-corrected chi connectivity index (χ2v) is 4.79. The Balaban J connectivity index is 2.24. The summed E-state index contributed by atoms with van der Waals surface area (Å²) in [6.07, 6.45) is -1.26. The Morgan fingerprint density at radius 3 is 2.70 bits per heavy atom. The molecule has 118 valence electrons. The Hall–Kier alpha value is -2.97. The summed E-state index contributed by atoms with van der Waals surface area (Å²) in [4.78, 5) is 22.9. The lowest BCUT2D eigenvalue weighted by Crippen LogP contribution is -2.05. The molecule has 3 aromatic rings. The highest BCUT2D eigenvalue weighted by Gasteiger charge is 2.32. The van der Waals surface area contributed by atoms with Crippen LogP contribution in [0.2, 0.25) is 0 Å². The molecule has 0 unspecified atom stereocenters. The minimum Gasteiger partial charge on any atom is -0.478 e. The predicted octanol–water partition coefficient (Wildman–Crippen LogP) is 2.75. The van der Waals surface area contributed by atoms with Gasteiger partial charge in [0.15, 0.2) is 5.65 Å². The molecule has 3 rings (SSSR count). The van der Waals surface area contributed by atoms with Crippen LogP contribution in [-0.2, 0) is 13.2 Å². The highest BCUT2D eigenvalue weighted by molar-refractivity contribution is 5.95. The lowest BCUT2D eigenvalue weighted by molar-refractivity contribution is -0.137. The Morgan fingerprint density at radius 1 is 1.30 bits per heavy atom. The molecule has 6 nitrogen and oxygen atoms in total. The topological polar surface area (TPSA) is 80.9 Å². The number of carboxylic acids is 1. The number of carboxylic acid groups (broad SMARTS) is 1. The van der Waals surface area contributed by atoms with Gasteiger partial charge in [0.2, 0.25) is 0 Å². The molecular weight excluding hydrogens is 313 g/mol. The first-order valence-electron chi connectivity index (χ1n) is 6.36. The SMILES string of the molecule is Cn1c(-c2ccncc2C(=O)O)nc2cc(C(F)(F)F)cnc21. The van der Waals surface area contributed by atoms with Crippen molar-refractivity contribution in [1.82, 2.24) is 19.5 Å². The van der Waals surface area contributed by atoms with E-state index >= 15 is 0 Å². The Kier molecular flexibility index (Phi) is 3.28. The summed E-state index contributed by atoms with van der Waals surface area (Å²) < 4.78 is 39.7. The molecule has 23 heavy (non-hydrogen) atoms. The monoisotopic (exact) mass is 322 g/mol. The van der Waals surface area contributed by atoms with Crippen LogP contribution in [0.15, 0.2) is 30.7 Å². The Labute approximate surface area is 127 Å². The van der Waals surface area contributed by atoms with Gasteiger partial charge in [-0.2, -0.15) is 13.2 Å². The zero-order valence-corrected chi connectivity index (χ0v) is 11.7. The molecule has 0 aliphatic rings. The van der Waals surface area contributed by atoms with Crippen LogP contribution in [0.1, 0.15) is 15.9 Å². The third kappa shape index (κ3) is 2.50. The van der Waals surface area contributed by atoms with Gasteiger partial charge in [-0.1, -0.05) is 0 Å². The van der Waals surface area contributed by atoms with Gasteiger partial charge in [0.1, 0.15) is 11.3 Å². The van der Waals surface area contributed by atoms with Gasteiger partial charge in [0, 0.05) is 31.2 Å². The van der Waals surface area contributed by atoms with Crippen molar-refractivity contribution in [2.24, 2.45) is 7.05 Å². The van der Waals surface area contributed by atoms with Gasteiger partial charge >= 0.3 is 12.1 Å². The number of nitrogens with zero attached hydrogens (tertiary/aromatic N) is 4. The minimum atomic E-state index is -4.53. The summed E-state index contributed by atoms with van der Waals surface area (Å²) in [5.41, 5.74) is -0.502. The van der Waals surface area contributed by atoms with Gasteiger partial charge in [0.25, 0.3) is 0 Å².